The molecule has 0 unspecified atom stereocenters. The Morgan fingerprint density at radius 2 is 2.20 bits per heavy atom. The molecule has 0 aliphatic carbocycles. The summed E-state index contributed by atoms with van der Waals surface area (Å²) < 4.78 is 0.785. The zero-order chi connectivity index (χ0) is 14.5. The van der Waals surface area contributed by atoms with Crippen molar-refractivity contribution in [3.05, 3.63) is 50.9 Å². The van der Waals surface area contributed by atoms with Crippen molar-refractivity contribution in [1.29, 1.82) is 0 Å². The van der Waals surface area contributed by atoms with Crippen molar-refractivity contribution in [2.75, 3.05) is 7.05 Å². The summed E-state index contributed by atoms with van der Waals surface area (Å²) in [6, 6.07) is 9.20. The summed E-state index contributed by atoms with van der Waals surface area (Å²) in [5.74, 6) is 4.71. The van der Waals surface area contributed by atoms with Crippen LogP contribution in [0.1, 0.15) is 21.1 Å². The molecule has 0 saturated heterocycles. The molecule has 5 nitrogen and oxygen atoms in total. The lowest BCUT2D eigenvalue weighted by Gasteiger charge is -2.15. The number of nitrogens with two attached hydrogens (primary N) is 1. The first kappa shape index (κ1) is 14.9. The molecule has 0 aliphatic rings. The molecular formula is C13H15ClN4OS. The van der Waals surface area contributed by atoms with E-state index >= 15 is 0 Å². The van der Waals surface area contributed by atoms with E-state index in [1.165, 1.54) is 4.88 Å². The average molecular weight is 311 g/mol. The normalized spacial score (nSPS) is 10.8. The van der Waals surface area contributed by atoms with Gasteiger partial charge in [0, 0.05) is 18.0 Å². The number of nitrogen functional groups attached to an aromatic ring is 1. The Labute approximate surface area is 126 Å². The van der Waals surface area contributed by atoms with Crippen LogP contribution < -0.4 is 11.3 Å². The molecule has 0 atom stereocenters. The minimum atomic E-state index is -0.389. The quantitative estimate of drug-likeness (QED) is 0.503. The molecule has 0 bridgehead atoms. The minimum Gasteiger partial charge on any atom is -0.295 e. The number of pyridine rings is 1. The summed E-state index contributed by atoms with van der Waals surface area (Å²) in [7, 11) is 1.99. The summed E-state index contributed by atoms with van der Waals surface area (Å²) in [6.45, 7) is 1.42. The summed E-state index contributed by atoms with van der Waals surface area (Å²) in [6.07, 6.45) is 0. The van der Waals surface area contributed by atoms with Crippen molar-refractivity contribution in [1.82, 2.24) is 15.3 Å². The highest BCUT2D eigenvalue weighted by molar-refractivity contribution is 7.16. The maximum absolute atomic E-state index is 11.4. The lowest BCUT2D eigenvalue weighted by Crippen LogP contribution is -2.31. The Balaban J connectivity index is 2.00. The largest absolute Gasteiger partial charge is 0.295 e. The number of halogens is 1. The van der Waals surface area contributed by atoms with Gasteiger partial charge >= 0.3 is 0 Å². The van der Waals surface area contributed by atoms with Gasteiger partial charge in [0.1, 0.15) is 5.69 Å². The van der Waals surface area contributed by atoms with Crippen LogP contribution in [0.5, 0.6) is 0 Å². The number of aromatic nitrogens is 1. The highest BCUT2D eigenvalue weighted by atomic mass is 35.5. The third kappa shape index (κ3) is 4.01. The molecule has 20 heavy (non-hydrogen) atoms. The average Bonchev–Trinajstić information content (AvgIpc) is 2.83. The van der Waals surface area contributed by atoms with Crippen molar-refractivity contribution >= 4 is 28.8 Å². The molecule has 0 saturated carbocycles. The molecule has 2 rings (SSSR count). The van der Waals surface area contributed by atoms with E-state index in [2.05, 4.69) is 15.3 Å². The monoisotopic (exact) mass is 310 g/mol. The molecule has 2 aromatic heterocycles. The standard InChI is InChI=1S/C13H15ClN4OS/c1-18(8-10-5-6-12(14)20-10)7-9-3-2-4-11(16-9)13(19)17-15/h2-6H,7-8,15H2,1H3,(H,17,19). The predicted octanol–water partition coefficient (Wildman–Crippen LogP) is 2.03. The van der Waals surface area contributed by atoms with Crippen molar-refractivity contribution in [2.45, 2.75) is 13.1 Å². The van der Waals surface area contributed by atoms with Gasteiger partial charge in [-0.25, -0.2) is 10.8 Å². The number of hydrogen-bond acceptors (Lipinski definition) is 5. The molecule has 0 fully saturated rings. The molecule has 1 amide bonds. The van der Waals surface area contributed by atoms with Crippen LogP contribution in [0, 0.1) is 0 Å². The Morgan fingerprint density at radius 3 is 2.85 bits per heavy atom. The van der Waals surface area contributed by atoms with E-state index < -0.39 is 0 Å². The molecule has 2 aromatic rings. The third-order valence-electron chi connectivity index (χ3n) is 2.66. The first-order valence-corrected chi connectivity index (χ1v) is 7.17. The molecule has 3 N–H and O–H groups in total. The van der Waals surface area contributed by atoms with E-state index in [1.54, 1.807) is 23.5 Å². The Kier molecular flexibility index (Phi) is 5.08. The van der Waals surface area contributed by atoms with Crippen molar-refractivity contribution in [3.8, 4) is 0 Å². The molecule has 0 aromatic carbocycles. The molecule has 2 heterocycles. The maximum Gasteiger partial charge on any atom is 0.283 e. The smallest absolute Gasteiger partial charge is 0.283 e. The second kappa shape index (κ2) is 6.81. The molecule has 0 spiro atoms. The maximum atomic E-state index is 11.4. The Morgan fingerprint density at radius 1 is 1.40 bits per heavy atom. The summed E-state index contributed by atoms with van der Waals surface area (Å²) in [4.78, 5) is 19.0. The summed E-state index contributed by atoms with van der Waals surface area (Å²) in [5, 5.41) is 0. The van der Waals surface area contributed by atoms with Crippen molar-refractivity contribution in [2.24, 2.45) is 5.84 Å². The van der Waals surface area contributed by atoms with Gasteiger partial charge in [0.2, 0.25) is 0 Å². The van der Waals surface area contributed by atoms with Crippen molar-refractivity contribution < 1.29 is 4.79 Å². The van der Waals surface area contributed by atoms with Gasteiger partial charge in [0.15, 0.2) is 0 Å². The van der Waals surface area contributed by atoms with Gasteiger partial charge in [-0.05, 0) is 31.3 Å². The number of nitrogens with one attached hydrogen (secondary N) is 1. The van der Waals surface area contributed by atoms with Crippen LogP contribution in [-0.2, 0) is 13.1 Å². The van der Waals surface area contributed by atoms with E-state index in [1.807, 2.05) is 25.2 Å². The van der Waals surface area contributed by atoms with Gasteiger partial charge in [0.25, 0.3) is 5.91 Å². The highest BCUT2D eigenvalue weighted by Gasteiger charge is 2.08. The molecule has 0 radical (unpaired) electrons. The first-order chi connectivity index (χ1) is 9.58. The number of carbonyl (C=O) groups is 1. The molecule has 7 heteroatoms. The number of nitrogens with zero attached hydrogens (tertiary/aromatic N) is 2. The first-order valence-electron chi connectivity index (χ1n) is 5.98. The van der Waals surface area contributed by atoms with E-state index in [-0.39, 0.29) is 5.91 Å². The highest BCUT2D eigenvalue weighted by Crippen LogP contribution is 2.22. The number of hydrazine groups is 1. The van der Waals surface area contributed by atoms with Crippen LogP contribution in [0.2, 0.25) is 4.34 Å². The molecule has 106 valence electrons. The van der Waals surface area contributed by atoms with Crippen LogP contribution in [0.25, 0.3) is 0 Å². The van der Waals surface area contributed by atoms with E-state index in [4.69, 9.17) is 17.4 Å². The zero-order valence-electron chi connectivity index (χ0n) is 11.0. The van der Waals surface area contributed by atoms with Crippen LogP contribution in [0.15, 0.2) is 30.3 Å². The van der Waals surface area contributed by atoms with Crippen molar-refractivity contribution in [3.63, 3.8) is 0 Å². The van der Waals surface area contributed by atoms with Crippen LogP contribution in [0.4, 0.5) is 0 Å². The topological polar surface area (TPSA) is 71.2 Å². The molecular weight excluding hydrogens is 296 g/mol. The Bertz CT molecular complexity index is 602. The Hall–Kier alpha value is -1.47. The fourth-order valence-electron chi connectivity index (χ4n) is 1.80. The second-order valence-electron chi connectivity index (χ2n) is 4.37. The summed E-state index contributed by atoms with van der Waals surface area (Å²) >= 11 is 7.47. The van der Waals surface area contributed by atoms with Gasteiger partial charge in [-0.15, -0.1) is 11.3 Å². The fourth-order valence-corrected chi connectivity index (χ4v) is 2.97. The van der Waals surface area contributed by atoms with Gasteiger partial charge in [-0.2, -0.15) is 0 Å². The third-order valence-corrected chi connectivity index (χ3v) is 3.87. The minimum absolute atomic E-state index is 0.317. The predicted molar refractivity (Wildman–Crippen MR) is 80.4 cm³/mol. The summed E-state index contributed by atoms with van der Waals surface area (Å²) in [5.41, 5.74) is 3.21. The number of carbonyl (C=O) groups excluding carboxylic acids is 1. The van der Waals surface area contributed by atoms with Gasteiger partial charge in [0.05, 0.1) is 10.0 Å². The molecule has 0 aliphatic heterocycles. The SMILES string of the molecule is CN(Cc1cccc(C(=O)NN)n1)Cc1ccc(Cl)s1. The number of rotatable bonds is 5. The fraction of sp³-hybridized carbons (Fsp3) is 0.231. The van der Waals surface area contributed by atoms with Crippen LogP contribution in [0.3, 0.4) is 0 Å². The number of thiophene rings is 1. The van der Waals surface area contributed by atoms with Crippen LogP contribution >= 0.6 is 22.9 Å². The van der Waals surface area contributed by atoms with Crippen LogP contribution in [-0.4, -0.2) is 22.8 Å². The second-order valence-corrected chi connectivity index (χ2v) is 6.17. The van der Waals surface area contributed by atoms with E-state index in [0.717, 1.165) is 16.6 Å². The number of hydrogen-bond donors (Lipinski definition) is 2. The lowest BCUT2D eigenvalue weighted by atomic mass is 10.2. The van der Waals surface area contributed by atoms with E-state index in [0.29, 0.717) is 12.2 Å². The van der Waals surface area contributed by atoms with E-state index in [9.17, 15) is 4.79 Å². The van der Waals surface area contributed by atoms with Gasteiger partial charge < -0.3 is 0 Å². The van der Waals surface area contributed by atoms with Gasteiger partial charge in [-0.3, -0.25) is 15.1 Å². The van der Waals surface area contributed by atoms with Gasteiger partial charge in [-0.1, -0.05) is 17.7 Å². The zero-order valence-corrected chi connectivity index (χ0v) is 12.5. The lowest BCUT2D eigenvalue weighted by molar-refractivity contribution is 0.0948. The number of amides is 1.